The quantitative estimate of drug-likeness (QED) is 0.825. The smallest absolute Gasteiger partial charge is 0.478 e. The largest absolute Gasteiger partial charge is 0.491 e. The molecule has 1 aliphatic rings. The lowest BCUT2D eigenvalue weighted by molar-refractivity contribution is 0.00578. The molecule has 23 heavy (non-hydrogen) atoms. The summed E-state index contributed by atoms with van der Waals surface area (Å²) in [5, 5.41) is 9.19. The monoisotopic (exact) mass is 337 g/mol. The van der Waals surface area contributed by atoms with Crippen LogP contribution in [-0.2, 0) is 9.31 Å². The van der Waals surface area contributed by atoms with Gasteiger partial charge in [-0.3, -0.25) is 0 Å². The number of carboxylic acids is 1. The van der Waals surface area contributed by atoms with Crippen molar-refractivity contribution in [3.8, 4) is 0 Å². The maximum Gasteiger partial charge on any atom is 0.491 e. The molecule has 0 atom stereocenters. The average molecular weight is 338 g/mol. The lowest BCUT2D eigenvalue weighted by Crippen LogP contribution is -2.41. The summed E-state index contributed by atoms with van der Waals surface area (Å²) in [5.41, 5.74) is 6.52. The van der Waals surface area contributed by atoms with Crippen LogP contribution in [0.25, 0.3) is 6.08 Å². The van der Waals surface area contributed by atoms with Crippen molar-refractivity contribution < 1.29 is 19.2 Å². The molecular weight excluding hydrogens is 316 g/mol. The first kappa shape index (κ1) is 18.0. The van der Waals surface area contributed by atoms with Gasteiger partial charge in [0.05, 0.1) is 21.8 Å². The lowest BCUT2D eigenvalue weighted by Gasteiger charge is -2.32. The third kappa shape index (κ3) is 3.61. The summed E-state index contributed by atoms with van der Waals surface area (Å²) in [7, 11) is -0.539. The van der Waals surface area contributed by atoms with Gasteiger partial charge in [-0.15, -0.1) is 0 Å². The van der Waals surface area contributed by atoms with Crippen LogP contribution in [0.1, 0.15) is 43.6 Å². The third-order valence-electron chi connectivity index (χ3n) is 4.37. The zero-order valence-corrected chi connectivity index (χ0v) is 14.5. The number of rotatable bonds is 4. The van der Waals surface area contributed by atoms with Crippen molar-refractivity contribution in [3.63, 3.8) is 0 Å². The molecular formula is C16H21BClNO4. The van der Waals surface area contributed by atoms with Crippen molar-refractivity contribution >= 4 is 30.8 Å². The van der Waals surface area contributed by atoms with Gasteiger partial charge in [0.2, 0.25) is 0 Å². The highest BCUT2D eigenvalue weighted by molar-refractivity contribution is 6.56. The van der Waals surface area contributed by atoms with E-state index < -0.39 is 24.3 Å². The summed E-state index contributed by atoms with van der Waals surface area (Å²) in [4.78, 5) is 11.0. The number of carboxylic acid groups (broad SMARTS) is 1. The molecule has 3 N–H and O–H groups in total. The van der Waals surface area contributed by atoms with E-state index in [1.54, 1.807) is 12.1 Å². The summed E-state index contributed by atoms with van der Waals surface area (Å²) in [6.07, 6.45) is 1.82. The van der Waals surface area contributed by atoms with Crippen LogP contribution in [-0.4, -0.2) is 35.9 Å². The molecule has 0 radical (unpaired) electrons. The molecule has 0 aliphatic carbocycles. The van der Waals surface area contributed by atoms with E-state index in [0.29, 0.717) is 0 Å². The topological polar surface area (TPSA) is 81.8 Å². The van der Waals surface area contributed by atoms with E-state index in [-0.39, 0.29) is 17.1 Å². The highest BCUT2D eigenvalue weighted by Gasteiger charge is 2.52. The Morgan fingerprint density at radius 2 is 1.87 bits per heavy atom. The molecule has 7 heteroatoms. The van der Waals surface area contributed by atoms with E-state index in [1.807, 2.05) is 33.8 Å². The number of hydrogen-bond acceptors (Lipinski definition) is 4. The number of hydrogen-bond donors (Lipinski definition) is 2. The molecule has 0 amide bonds. The van der Waals surface area contributed by atoms with Crippen LogP contribution in [0.15, 0.2) is 23.7 Å². The van der Waals surface area contributed by atoms with Crippen LogP contribution in [0.3, 0.4) is 0 Å². The summed E-state index contributed by atoms with van der Waals surface area (Å²) >= 11 is 6.00. The standard InChI is InChI=1S/C16H21BClNO4/c1-15(2)16(3,4)23-17(22-15)11(9-19)7-10-5-6-12(14(20)21)13(18)8-10/h5-8H,9,19H2,1-4H3,(H,20,21). The van der Waals surface area contributed by atoms with Crippen molar-refractivity contribution in [3.05, 3.63) is 39.8 Å². The van der Waals surface area contributed by atoms with Gasteiger partial charge in [0.15, 0.2) is 0 Å². The second-order valence-electron chi connectivity index (χ2n) is 6.56. The average Bonchev–Trinajstić information content (AvgIpc) is 2.64. The first-order valence-corrected chi connectivity index (χ1v) is 7.74. The Balaban J connectivity index is 2.30. The molecule has 2 rings (SSSR count). The van der Waals surface area contributed by atoms with Gasteiger partial charge < -0.3 is 20.1 Å². The maximum atomic E-state index is 11.0. The second kappa shape index (κ2) is 6.28. The first-order valence-electron chi connectivity index (χ1n) is 7.36. The van der Waals surface area contributed by atoms with Crippen molar-refractivity contribution in [1.82, 2.24) is 0 Å². The van der Waals surface area contributed by atoms with Crippen molar-refractivity contribution in [2.45, 2.75) is 38.9 Å². The Labute approximate surface area is 141 Å². The molecule has 1 aromatic carbocycles. The summed E-state index contributed by atoms with van der Waals surface area (Å²) < 4.78 is 12.0. The van der Waals surface area contributed by atoms with Crippen LogP contribution >= 0.6 is 11.6 Å². The van der Waals surface area contributed by atoms with Gasteiger partial charge in [-0.05, 0) is 50.9 Å². The van der Waals surface area contributed by atoms with Crippen LogP contribution in [0.2, 0.25) is 5.02 Å². The Bertz CT molecular complexity index is 641. The van der Waals surface area contributed by atoms with Crippen molar-refractivity contribution in [1.29, 1.82) is 0 Å². The van der Waals surface area contributed by atoms with Gasteiger partial charge in [-0.2, -0.15) is 0 Å². The molecule has 0 aromatic heterocycles. The number of aromatic carboxylic acids is 1. The second-order valence-corrected chi connectivity index (χ2v) is 6.96. The summed E-state index contributed by atoms with van der Waals surface area (Å²) in [5.74, 6) is -1.06. The minimum absolute atomic E-state index is 0.0637. The molecule has 5 nitrogen and oxygen atoms in total. The fourth-order valence-electron chi connectivity index (χ4n) is 2.23. The molecule has 1 aromatic rings. The van der Waals surface area contributed by atoms with Gasteiger partial charge in [0, 0.05) is 6.54 Å². The maximum absolute atomic E-state index is 11.0. The third-order valence-corrected chi connectivity index (χ3v) is 4.68. The predicted octanol–water partition coefficient (Wildman–Crippen LogP) is 3.01. The number of carbonyl (C=O) groups is 1. The fraction of sp³-hybridized carbons (Fsp3) is 0.438. The summed E-state index contributed by atoms with van der Waals surface area (Å²) in [6.45, 7) is 8.15. The highest BCUT2D eigenvalue weighted by atomic mass is 35.5. The van der Waals surface area contributed by atoms with Crippen molar-refractivity contribution in [2.75, 3.05) is 6.54 Å². The molecule has 124 valence electrons. The first-order chi connectivity index (χ1) is 10.6. The van der Waals surface area contributed by atoms with Gasteiger partial charge in [0.1, 0.15) is 0 Å². The Hall–Kier alpha value is -1.34. The van der Waals surface area contributed by atoms with E-state index in [9.17, 15) is 4.79 Å². The minimum Gasteiger partial charge on any atom is -0.478 e. The van der Waals surface area contributed by atoms with Gasteiger partial charge in [-0.25, -0.2) is 4.79 Å². The van der Waals surface area contributed by atoms with Gasteiger partial charge in [0.25, 0.3) is 0 Å². The Kier molecular flexibility index (Phi) is 4.92. The van der Waals surface area contributed by atoms with Crippen LogP contribution in [0.5, 0.6) is 0 Å². The zero-order valence-electron chi connectivity index (χ0n) is 13.7. The van der Waals surface area contributed by atoms with Crippen LogP contribution in [0, 0.1) is 0 Å². The van der Waals surface area contributed by atoms with Crippen LogP contribution < -0.4 is 5.73 Å². The van der Waals surface area contributed by atoms with Gasteiger partial charge >= 0.3 is 13.1 Å². The molecule has 1 fully saturated rings. The Morgan fingerprint density at radius 1 is 1.30 bits per heavy atom. The molecule has 0 unspecified atom stereocenters. The van der Waals surface area contributed by atoms with E-state index in [1.165, 1.54) is 6.07 Å². The molecule has 1 saturated heterocycles. The lowest BCUT2D eigenvalue weighted by atomic mass is 9.77. The summed E-state index contributed by atoms with van der Waals surface area (Å²) in [6, 6.07) is 4.73. The SMILES string of the molecule is CC1(C)OB(C(=Cc2ccc(C(=O)O)c(Cl)c2)CN)OC1(C)C. The molecule has 0 bridgehead atoms. The van der Waals surface area contributed by atoms with E-state index >= 15 is 0 Å². The predicted molar refractivity (Wildman–Crippen MR) is 91.5 cm³/mol. The minimum atomic E-state index is -1.06. The van der Waals surface area contributed by atoms with E-state index in [2.05, 4.69) is 0 Å². The number of benzene rings is 1. The van der Waals surface area contributed by atoms with Gasteiger partial charge in [-0.1, -0.05) is 23.7 Å². The normalized spacial score (nSPS) is 19.9. The van der Waals surface area contributed by atoms with E-state index in [0.717, 1.165) is 11.0 Å². The zero-order chi connectivity index (χ0) is 17.4. The molecule has 0 saturated carbocycles. The molecule has 0 spiro atoms. The Morgan fingerprint density at radius 3 is 2.30 bits per heavy atom. The fourth-order valence-corrected chi connectivity index (χ4v) is 2.50. The molecule has 1 heterocycles. The number of halogens is 1. The number of nitrogens with two attached hydrogens (primary N) is 1. The van der Waals surface area contributed by atoms with Crippen LogP contribution in [0.4, 0.5) is 0 Å². The van der Waals surface area contributed by atoms with Crippen molar-refractivity contribution in [2.24, 2.45) is 5.73 Å². The molecule has 1 aliphatic heterocycles. The highest BCUT2D eigenvalue weighted by Crippen LogP contribution is 2.38. The van der Waals surface area contributed by atoms with E-state index in [4.69, 9.17) is 31.7 Å².